The number of nitrogens with zero attached hydrogens (tertiary/aromatic N) is 3. The first-order valence-corrected chi connectivity index (χ1v) is 5.49. The lowest BCUT2D eigenvalue weighted by Gasteiger charge is -2.17. The van der Waals surface area contributed by atoms with E-state index < -0.39 is 18.9 Å². The summed E-state index contributed by atoms with van der Waals surface area (Å²) in [6.45, 7) is 3.07. The Hall–Kier alpha value is -1.79. The minimum Gasteiger partial charge on any atom is -0.396 e. The van der Waals surface area contributed by atoms with E-state index in [-0.39, 0.29) is 17.3 Å². The predicted molar refractivity (Wildman–Crippen MR) is 63.5 cm³/mol. The standard InChI is InChI=1S/C11H16F2N4O/c1-6(2)10-15-4-7(14)9(16-10)11(18)17(3)5-8(12)13/h4,6,8H,5,14H2,1-3H3. The summed E-state index contributed by atoms with van der Waals surface area (Å²) < 4.78 is 24.4. The molecular weight excluding hydrogens is 242 g/mol. The molecule has 100 valence electrons. The lowest BCUT2D eigenvalue weighted by Crippen LogP contribution is -2.32. The highest BCUT2D eigenvalue weighted by Crippen LogP contribution is 2.15. The molecule has 1 heterocycles. The summed E-state index contributed by atoms with van der Waals surface area (Å²) in [6.07, 6.45) is -1.27. The summed E-state index contributed by atoms with van der Waals surface area (Å²) in [5.41, 5.74) is 5.66. The number of nitrogen functional groups attached to an aromatic ring is 1. The molecule has 0 unspecified atom stereocenters. The topological polar surface area (TPSA) is 72.1 Å². The van der Waals surface area contributed by atoms with E-state index in [4.69, 9.17) is 5.73 Å². The van der Waals surface area contributed by atoms with Crippen molar-refractivity contribution in [3.05, 3.63) is 17.7 Å². The van der Waals surface area contributed by atoms with Gasteiger partial charge in [0.2, 0.25) is 0 Å². The third kappa shape index (κ3) is 3.35. The van der Waals surface area contributed by atoms with E-state index in [9.17, 15) is 13.6 Å². The Labute approximate surface area is 104 Å². The number of aromatic nitrogens is 2. The number of alkyl halides is 2. The van der Waals surface area contributed by atoms with E-state index in [0.29, 0.717) is 5.82 Å². The van der Waals surface area contributed by atoms with Gasteiger partial charge in [0, 0.05) is 13.0 Å². The van der Waals surface area contributed by atoms with Crippen molar-refractivity contribution in [2.75, 3.05) is 19.3 Å². The lowest BCUT2D eigenvalue weighted by molar-refractivity contribution is 0.0616. The first-order valence-electron chi connectivity index (χ1n) is 5.49. The fourth-order valence-electron chi connectivity index (χ4n) is 1.32. The Morgan fingerprint density at radius 1 is 1.50 bits per heavy atom. The summed E-state index contributed by atoms with van der Waals surface area (Å²) in [6, 6.07) is 0. The summed E-state index contributed by atoms with van der Waals surface area (Å²) in [5, 5.41) is 0. The van der Waals surface area contributed by atoms with Crippen LogP contribution in [0.5, 0.6) is 0 Å². The minimum absolute atomic E-state index is 0.0255. The quantitative estimate of drug-likeness (QED) is 0.888. The van der Waals surface area contributed by atoms with Crippen molar-refractivity contribution < 1.29 is 13.6 Å². The molecule has 1 amide bonds. The van der Waals surface area contributed by atoms with Crippen molar-refractivity contribution in [2.45, 2.75) is 26.2 Å². The van der Waals surface area contributed by atoms with Crippen LogP contribution in [0.1, 0.15) is 36.1 Å². The summed E-state index contributed by atoms with van der Waals surface area (Å²) in [4.78, 5) is 20.8. The van der Waals surface area contributed by atoms with E-state index in [1.807, 2.05) is 13.8 Å². The lowest BCUT2D eigenvalue weighted by atomic mass is 10.2. The molecule has 0 aliphatic heterocycles. The smallest absolute Gasteiger partial charge is 0.274 e. The second-order valence-corrected chi connectivity index (χ2v) is 4.26. The molecule has 1 rings (SSSR count). The van der Waals surface area contributed by atoms with Crippen molar-refractivity contribution in [3.8, 4) is 0 Å². The molecule has 0 aromatic carbocycles. The Bertz CT molecular complexity index is 437. The third-order valence-electron chi connectivity index (χ3n) is 2.31. The van der Waals surface area contributed by atoms with Crippen molar-refractivity contribution in [1.29, 1.82) is 0 Å². The average Bonchev–Trinajstić information content (AvgIpc) is 2.27. The van der Waals surface area contributed by atoms with Gasteiger partial charge in [0.05, 0.1) is 18.4 Å². The Balaban J connectivity index is 3.00. The first kappa shape index (κ1) is 14.3. The van der Waals surface area contributed by atoms with Gasteiger partial charge in [-0.3, -0.25) is 4.79 Å². The Morgan fingerprint density at radius 3 is 2.61 bits per heavy atom. The molecule has 0 aliphatic rings. The molecule has 0 aliphatic carbocycles. The van der Waals surface area contributed by atoms with Crippen LogP contribution in [-0.2, 0) is 0 Å². The molecule has 0 fully saturated rings. The number of hydrogen-bond donors (Lipinski definition) is 1. The van der Waals surface area contributed by atoms with Crippen LogP contribution in [0.15, 0.2) is 6.20 Å². The second-order valence-electron chi connectivity index (χ2n) is 4.26. The highest BCUT2D eigenvalue weighted by Gasteiger charge is 2.20. The predicted octanol–water partition coefficient (Wildman–Crippen LogP) is 1.52. The molecule has 0 spiro atoms. The molecule has 0 radical (unpaired) electrons. The van der Waals surface area contributed by atoms with Gasteiger partial charge in [-0.05, 0) is 0 Å². The number of anilines is 1. The van der Waals surface area contributed by atoms with Crippen LogP contribution in [-0.4, -0.2) is 40.8 Å². The summed E-state index contributed by atoms with van der Waals surface area (Å²) >= 11 is 0. The van der Waals surface area contributed by atoms with Gasteiger partial charge in [0.25, 0.3) is 12.3 Å². The molecule has 1 aromatic heterocycles. The number of rotatable bonds is 4. The van der Waals surface area contributed by atoms with Gasteiger partial charge in [-0.2, -0.15) is 0 Å². The monoisotopic (exact) mass is 258 g/mol. The molecule has 0 saturated heterocycles. The van der Waals surface area contributed by atoms with Gasteiger partial charge in [0.1, 0.15) is 5.82 Å². The molecular formula is C11H16F2N4O. The van der Waals surface area contributed by atoms with E-state index in [1.54, 1.807) is 0 Å². The van der Waals surface area contributed by atoms with Gasteiger partial charge in [-0.25, -0.2) is 18.7 Å². The molecule has 5 nitrogen and oxygen atoms in total. The number of nitrogens with two attached hydrogens (primary N) is 1. The molecule has 0 saturated carbocycles. The maximum atomic E-state index is 12.2. The number of amides is 1. The zero-order valence-electron chi connectivity index (χ0n) is 10.5. The molecule has 7 heteroatoms. The maximum Gasteiger partial charge on any atom is 0.274 e. The summed E-state index contributed by atoms with van der Waals surface area (Å²) in [5.74, 6) is -0.146. The van der Waals surface area contributed by atoms with Crippen molar-refractivity contribution >= 4 is 11.6 Å². The molecule has 0 bridgehead atoms. The van der Waals surface area contributed by atoms with E-state index in [1.165, 1.54) is 13.2 Å². The second kappa shape index (κ2) is 5.70. The van der Waals surface area contributed by atoms with Crippen molar-refractivity contribution in [3.63, 3.8) is 0 Å². The Morgan fingerprint density at radius 2 is 2.11 bits per heavy atom. The minimum atomic E-state index is -2.59. The Kier molecular flexibility index (Phi) is 4.52. The van der Waals surface area contributed by atoms with Crippen molar-refractivity contribution in [2.24, 2.45) is 0 Å². The highest BCUT2D eigenvalue weighted by molar-refractivity contribution is 5.96. The highest BCUT2D eigenvalue weighted by atomic mass is 19.3. The molecule has 2 N–H and O–H groups in total. The first-order chi connectivity index (χ1) is 8.32. The van der Waals surface area contributed by atoms with Crippen LogP contribution in [0.3, 0.4) is 0 Å². The van der Waals surface area contributed by atoms with Gasteiger partial charge in [-0.15, -0.1) is 0 Å². The van der Waals surface area contributed by atoms with E-state index in [2.05, 4.69) is 9.97 Å². The van der Waals surface area contributed by atoms with Gasteiger partial charge >= 0.3 is 0 Å². The fourth-order valence-corrected chi connectivity index (χ4v) is 1.32. The average molecular weight is 258 g/mol. The molecule has 0 atom stereocenters. The number of carbonyl (C=O) groups excluding carboxylic acids is 1. The van der Waals surface area contributed by atoms with Crippen LogP contribution in [0.4, 0.5) is 14.5 Å². The fraction of sp³-hybridized carbons (Fsp3) is 0.545. The van der Waals surface area contributed by atoms with Crippen LogP contribution >= 0.6 is 0 Å². The normalized spacial score (nSPS) is 11.1. The number of halogens is 2. The largest absolute Gasteiger partial charge is 0.396 e. The number of hydrogen-bond acceptors (Lipinski definition) is 4. The third-order valence-corrected chi connectivity index (χ3v) is 2.31. The zero-order chi connectivity index (χ0) is 13.9. The van der Waals surface area contributed by atoms with Crippen molar-refractivity contribution in [1.82, 2.24) is 14.9 Å². The molecule has 1 aromatic rings. The van der Waals surface area contributed by atoms with Crippen LogP contribution in [0.25, 0.3) is 0 Å². The van der Waals surface area contributed by atoms with Crippen LogP contribution in [0, 0.1) is 0 Å². The van der Waals surface area contributed by atoms with Crippen LogP contribution < -0.4 is 5.73 Å². The van der Waals surface area contributed by atoms with E-state index in [0.717, 1.165) is 4.90 Å². The van der Waals surface area contributed by atoms with Gasteiger partial charge in [0.15, 0.2) is 5.69 Å². The maximum absolute atomic E-state index is 12.2. The summed E-state index contributed by atoms with van der Waals surface area (Å²) in [7, 11) is 1.28. The van der Waals surface area contributed by atoms with Gasteiger partial charge < -0.3 is 10.6 Å². The zero-order valence-corrected chi connectivity index (χ0v) is 10.5. The van der Waals surface area contributed by atoms with Crippen LogP contribution in [0.2, 0.25) is 0 Å². The van der Waals surface area contributed by atoms with Gasteiger partial charge in [-0.1, -0.05) is 13.8 Å². The molecule has 18 heavy (non-hydrogen) atoms. The van der Waals surface area contributed by atoms with E-state index >= 15 is 0 Å². The number of carbonyl (C=O) groups is 1. The SMILES string of the molecule is CC(C)c1ncc(N)c(C(=O)N(C)CC(F)F)n1.